The van der Waals surface area contributed by atoms with Gasteiger partial charge in [-0.25, -0.2) is 0 Å². The molecule has 0 heterocycles. The van der Waals surface area contributed by atoms with E-state index in [1.165, 1.54) is 54.4 Å². The zero-order valence-corrected chi connectivity index (χ0v) is 26.1. The van der Waals surface area contributed by atoms with Gasteiger partial charge in [0.2, 0.25) is 0 Å². The Kier molecular flexibility index (Phi) is 6.47. The molecule has 1 fully saturated rings. The molecule has 190 valence electrons. The number of benzene rings is 3. The Labute approximate surface area is 232 Å². The minimum atomic E-state index is -2.31. The van der Waals surface area contributed by atoms with Gasteiger partial charge in [-0.2, -0.15) is 0 Å². The van der Waals surface area contributed by atoms with Gasteiger partial charge in [-0.3, -0.25) is 0 Å². The fourth-order valence-electron chi connectivity index (χ4n) is 6.98. The van der Waals surface area contributed by atoms with Crippen LogP contribution in [0.5, 0.6) is 0 Å². The summed E-state index contributed by atoms with van der Waals surface area (Å²) in [5, 5.41) is 0. The summed E-state index contributed by atoms with van der Waals surface area (Å²) in [6, 6.07) is 21.6. The second-order valence-corrected chi connectivity index (χ2v) is 20.1. The quantitative estimate of drug-likeness (QED) is 0.227. The summed E-state index contributed by atoms with van der Waals surface area (Å²) in [4.78, 5) is 0. The van der Waals surface area contributed by atoms with Crippen molar-refractivity contribution in [1.82, 2.24) is 0 Å². The van der Waals surface area contributed by atoms with E-state index >= 15 is 0 Å². The molecule has 0 nitrogen and oxygen atoms in total. The summed E-state index contributed by atoms with van der Waals surface area (Å²) in [5.41, 5.74) is 12.8. The molecule has 1 saturated carbocycles. The third-order valence-electron chi connectivity index (χ3n) is 8.97. The van der Waals surface area contributed by atoms with E-state index in [0.29, 0.717) is 3.63 Å². The molecule has 1 unspecified atom stereocenters. The molecule has 3 aromatic carbocycles. The molecule has 0 amide bonds. The molecule has 3 aliphatic rings. The molecule has 0 bridgehead atoms. The number of fused-ring (bicyclic) bond motifs is 4. The van der Waals surface area contributed by atoms with Crippen LogP contribution in [0.1, 0.15) is 111 Å². The Morgan fingerprint density at radius 3 is 2.22 bits per heavy atom. The van der Waals surface area contributed by atoms with Gasteiger partial charge in [0, 0.05) is 0 Å². The number of allylic oxidation sites excluding steroid dienone is 1. The van der Waals surface area contributed by atoms with Gasteiger partial charge in [-0.1, -0.05) is 0 Å². The zero-order chi connectivity index (χ0) is 25.9. The molecule has 0 radical (unpaired) electrons. The van der Waals surface area contributed by atoms with Crippen LogP contribution in [0.25, 0.3) is 17.2 Å². The maximum atomic E-state index is 2.62. The van der Waals surface area contributed by atoms with Gasteiger partial charge >= 0.3 is 234 Å². The van der Waals surface area contributed by atoms with Crippen LogP contribution < -0.4 is 3.27 Å². The van der Waals surface area contributed by atoms with Gasteiger partial charge in [-0.05, 0) is 0 Å². The van der Waals surface area contributed by atoms with E-state index in [-0.39, 0.29) is 10.8 Å². The van der Waals surface area contributed by atoms with Crippen LogP contribution in [0, 0.1) is 0 Å². The van der Waals surface area contributed by atoms with Gasteiger partial charge in [0.15, 0.2) is 0 Å². The molecule has 6 rings (SSSR count). The molecular weight excluding hydrogens is 524 g/mol. The van der Waals surface area contributed by atoms with Crippen molar-refractivity contribution in [1.29, 1.82) is 0 Å². The van der Waals surface area contributed by atoms with Gasteiger partial charge in [0.25, 0.3) is 0 Å². The third kappa shape index (κ3) is 4.54. The van der Waals surface area contributed by atoms with Crippen molar-refractivity contribution in [2.24, 2.45) is 0 Å². The van der Waals surface area contributed by atoms with Crippen LogP contribution in [-0.2, 0) is 38.5 Å². The fourth-order valence-corrected chi connectivity index (χ4v) is 17.2. The summed E-state index contributed by atoms with van der Waals surface area (Å²) in [5.74, 6) is 0. The zero-order valence-electron chi connectivity index (χ0n) is 23.7. The molecule has 0 N–H and O–H groups in total. The van der Waals surface area contributed by atoms with Crippen molar-refractivity contribution in [2.75, 3.05) is 0 Å². The molecule has 0 saturated heterocycles. The van der Waals surface area contributed by atoms with E-state index in [0.717, 1.165) is 6.42 Å². The summed E-state index contributed by atoms with van der Waals surface area (Å²) < 4.78 is 4.47. The minimum absolute atomic E-state index is 0.151. The molecular formula is C36H42Zr. The van der Waals surface area contributed by atoms with Crippen LogP contribution in [0.4, 0.5) is 0 Å². The second-order valence-electron chi connectivity index (χ2n) is 13.6. The number of hydrogen-bond donors (Lipinski definition) is 0. The first-order valence-corrected chi connectivity index (χ1v) is 18.3. The van der Waals surface area contributed by atoms with E-state index < -0.39 is 21.3 Å². The Morgan fingerprint density at radius 1 is 0.757 bits per heavy atom. The molecule has 1 heteroatoms. The molecule has 0 spiro atoms. The maximum absolute atomic E-state index is 2.62. The van der Waals surface area contributed by atoms with Gasteiger partial charge in [-0.15, -0.1) is 0 Å². The normalized spacial score (nSPS) is 18.5. The van der Waals surface area contributed by atoms with Crippen LogP contribution in [0.15, 0.2) is 60.7 Å². The summed E-state index contributed by atoms with van der Waals surface area (Å²) in [6.07, 6.45) is 13.1. The molecule has 0 aliphatic heterocycles. The van der Waals surface area contributed by atoms with Crippen molar-refractivity contribution >= 4 is 12.6 Å². The van der Waals surface area contributed by atoms with E-state index in [2.05, 4.69) is 108 Å². The average Bonchev–Trinajstić information content (AvgIpc) is 3.45. The van der Waals surface area contributed by atoms with Crippen molar-refractivity contribution in [3.63, 3.8) is 0 Å². The Bertz CT molecular complexity index is 1430. The topological polar surface area (TPSA) is 0 Å². The second kappa shape index (κ2) is 9.41. The summed E-state index contributed by atoms with van der Waals surface area (Å²) >= 11 is -2.31. The molecule has 1 atom stereocenters. The SMILES string of the molecule is CC(C)(C)c1ccc2c(c1)Cc1c-2ccc(C(C)(C)C)[c]1[Zr](=[C]1CCCCC1)[CH]1C=Cc2ccccc21. The predicted molar refractivity (Wildman–Crippen MR) is 158 cm³/mol. The van der Waals surface area contributed by atoms with E-state index in [1.807, 2.05) is 6.48 Å². The molecule has 3 aromatic rings. The van der Waals surface area contributed by atoms with Crippen molar-refractivity contribution in [3.8, 4) is 11.1 Å². The van der Waals surface area contributed by atoms with Gasteiger partial charge < -0.3 is 0 Å². The van der Waals surface area contributed by atoms with Crippen molar-refractivity contribution in [3.05, 3.63) is 94.1 Å². The van der Waals surface area contributed by atoms with Gasteiger partial charge in [0.05, 0.1) is 0 Å². The predicted octanol–water partition coefficient (Wildman–Crippen LogP) is 9.00. The van der Waals surface area contributed by atoms with Gasteiger partial charge in [0.1, 0.15) is 0 Å². The summed E-state index contributed by atoms with van der Waals surface area (Å²) in [6.45, 7) is 14.4. The Balaban J connectivity index is 1.61. The number of hydrogen-bond acceptors (Lipinski definition) is 0. The molecule has 37 heavy (non-hydrogen) atoms. The monoisotopic (exact) mass is 564 g/mol. The third-order valence-corrected chi connectivity index (χ3v) is 17.6. The Morgan fingerprint density at radius 2 is 1.49 bits per heavy atom. The standard InChI is InChI=1S/C21H25.C9H7.C6H10.Zr/c1-20(2,3)16-7-9-18-14(12-16)11-15-13-17(21(4,5)6)8-10-19(15)18;1-2-5-9-7-3-6-8(9)4-1;1-2-4-6-5-3-1;/h7-10,12H,11H2,1-6H3;1-7H;1-5H2;. The van der Waals surface area contributed by atoms with Crippen LogP contribution in [0.2, 0.25) is 0 Å². The van der Waals surface area contributed by atoms with Crippen molar-refractivity contribution < 1.29 is 21.3 Å². The average molecular weight is 566 g/mol. The summed E-state index contributed by atoms with van der Waals surface area (Å²) in [7, 11) is 0. The Hall–Kier alpha value is -1.85. The van der Waals surface area contributed by atoms with Crippen LogP contribution in [-0.4, -0.2) is 3.21 Å². The first kappa shape index (κ1) is 25.4. The molecule has 0 aromatic heterocycles. The van der Waals surface area contributed by atoms with Crippen LogP contribution in [0.3, 0.4) is 0 Å². The first-order chi connectivity index (χ1) is 17.6. The number of rotatable bonds is 2. The molecule has 3 aliphatic carbocycles. The van der Waals surface area contributed by atoms with Crippen molar-refractivity contribution in [2.45, 2.75) is 94.5 Å². The van der Waals surface area contributed by atoms with E-state index in [1.54, 1.807) is 22.3 Å². The first-order valence-electron chi connectivity index (χ1n) is 14.4. The fraction of sp³-hybridized carbons (Fsp3) is 0.417. The van der Waals surface area contributed by atoms with E-state index in [4.69, 9.17) is 0 Å². The van der Waals surface area contributed by atoms with E-state index in [9.17, 15) is 0 Å². The van der Waals surface area contributed by atoms with Crippen LogP contribution >= 0.6 is 0 Å².